The number of rotatable bonds is 18. The summed E-state index contributed by atoms with van der Waals surface area (Å²) in [6, 6.07) is 6.65. The smallest absolute Gasteiger partial charge is 0.412 e. The third-order valence-electron chi connectivity index (χ3n) is 11.7. The number of hydrogen-bond donors (Lipinski definition) is 5. The Morgan fingerprint density at radius 3 is 2.20 bits per heavy atom. The van der Waals surface area contributed by atoms with Crippen LogP contribution in [-0.4, -0.2) is 122 Å². The monoisotopic (exact) mass is 947 g/mol. The topological polar surface area (TPSA) is 289 Å². The number of amides is 5. The number of anilines is 3. The van der Waals surface area contributed by atoms with Crippen LogP contribution in [0, 0.1) is 13.8 Å². The van der Waals surface area contributed by atoms with Crippen molar-refractivity contribution in [2.75, 3.05) is 42.3 Å². The van der Waals surface area contributed by atoms with Gasteiger partial charge in [-0.3, -0.25) is 54.0 Å². The van der Waals surface area contributed by atoms with Crippen molar-refractivity contribution < 1.29 is 38.2 Å². The second kappa shape index (κ2) is 19.5. The number of fused-ring (bicyclic) bond motifs is 4. The molecule has 2 bridgehead atoms. The minimum atomic E-state index is -0.810. The second-order valence-electron chi connectivity index (χ2n) is 17.9. The molecule has 0 unspecified atom stereocenters. The molecule has 8 rings (SSSR count). The Morgan fingerprint density at radius 1 is 0.855 bits per heavy atom. The third kappa shape index (κ3) is 10.3. The number of allylic oxidation sites excluding steroid dienone is 2. The summed E-state index contributed by atoms with van der Waals surface area (Å²) in [6.45, 7) is 16.0. The molecule has 1 aromatic carbocycles. The molecule has 2 fully saturated rings. The highest BCUT2D eigenvalue weighted by Gasteiger charge is 2.38. The van der Waals surface area contributed by atoms with Gasteiger partial charge in [0.25, 0.3) is 11.8 Å². The largest absolute Gasteiger partial charge is 0.491 e. The van der Waals surface area contributed by atoms with Gasteiger partial charge in [-0.1, -0.05) is 12.2 Å². The zero-order chi connectivity index (χ0) is 49.3. The summed E-state index contributed by atoms with van der Waals surface area (Å²) in [5.41, 5.74) is 13.9. The van der Waals surface area contributed by atoms with Gasteiger partial charge in [0.15, 0.2) is 11.3 Å². The maximum absolute atomic E-state index is 14.5. The van der Waals surface area contributed by atoms with Crippen molar-refractivity contribution in [1.29, 1.82) is 0 Å². The van der Waals surface area contributed by atoms with Crippen LogP contribution in [0.3, 0.4) is 0 Å². The van der Waals surface area contributed by atoms with E-state index in [-0.39, 0.29) is 60.1 Å². The van der Waals surface area contributed by atoms with Crippen molar-refractivity contribution in [1.82, 2.24) is 48.5 Å². The number of hydrogen-bond acceptors (Lipinski definition) is 14. The number of benzene rings is 1. The van der Waals surface area contributed by atoms with Gasteiger partial charge in [0.1, 0.15) is 28.1 Å². The van der Waals surface area contributed by atoms with Gasteiger partial charge in [-0.15, -0.1) is 0 Å². The molecule has 2 aliphatic rings. The van der Waals surface area contributed by atoms with Gasteiger partial charge in [0.2, 0.25) is 23.7 Å². The number of pyridine rings is 1. The molecule has 7 N–H and O–H groups in total. The summed E-state index contributed by atoms with van der Waals surface area (Å²) in [5.74, 6) is -1.93. The standard InChI is InChI=1S/C46H57N15O8/c1-8-60-33(17-25(3)55-60)41(64)53-44-51-32-19-28(39(48)63)22-49-40(32)59(44)15-11-10-14-58-36-31(18-27(38(47)62)20-34(36)67-16-12-13-57-23-30-21-29(57)24-68-30)50-43(58)54-42(65)37-35(26(4)56-61(37)9-2)52-45(66)69-46(5,6)7/h10-11,17-20,22,29-30H,8-9,12-16,21,23-24H2,1-7H3,(H2,47,62)(H2,48,63)(H,52,66)(H,50,54,65)(H,51,53,64)/b11-10+/t29-,30-/m1/s1. The van der Waals surface area contributed by atoms with Crippen molar-refractivity contribution >= 4 is 69.5 Å². The number of nitrogens with two attached hydrogens (primary N) is 2. The van der Waals surface area contributed by atoms with Crippen molar-refractivity contribution in [3.8, 4) is 5.75 Å². The molecule has 2 aliphatic heterocycles. The van der Waals surface area contributed by atoms with Crippen LogP contribution in [0.5, 0.6) is 5.75 Å². The van der Waals surface area contributed by atoms with Crippen molar-refractivity contribution in [2.45, 2.75) is 105 Å². The molecule has 0 saturated carbocycles. The van der Waals surface area contributed by atoms with Crippen LogP contribution in [-0.2, 0) is 35.7 Å². The molecular weight excluding hydrogens is 891 g/mol. The average Bonchev–Trinajstić information content (AvgIpc) is 4.16. The van der Waals surface area contributed by atoms with Gasteiger partial charge in [-0.25, -0.2) is 19.7 Å². The van der Waals surface area contributed by atoms with Crippen LogP contribution < -0.4 is 32.2 Å². The van der Waals surface area contributed by atoms with Crippen LogP contribution in [0.4, 0.5) is 22.4 Å². The molecular formula is C46H57N15O8. The Balaban J connectivity index is 1.14. The molecule has 5 amide bonds. The maximum atomic E-state index is 14.5. The van der Waals surface area contributed by atoms with E-state index in [1.807, 2.05) is 26.0 Å². The lowest BCUT2D eigenvalue weighted by Crippen LogP contribution is -2.37. The number of morpholine rings is 1. The SMILES string of the molecule is CCn1nc(C)cc1C(=O)Nc1nc2cc(C(N)=O)cnc2n1C/C=C/Cn1c(NC(=O)c2c(NC(=O)OC(C)(C)C)c(C)nn2CC)nc2cc(C(N)=O)cc(OCCCN3C[C@H]4C[C@@H]3CO4)c21. The van der Waals surface area contributed by atoms with Crippen LogP contribution >= 0.6 is 0 Å². The highest BCUT2D eigenvalue weighted by molar-refractivity contribution is 6.09. The Hall–Kier alpha value is -7.66. The van der Waals surface area contributed by atoms with Crippen LogP contribution in [0.25, 0.3) is 22.2 Å². The van der Waals surface area contributed by atoms with Crippen LogP contribution in [0.15, 0.2) is 42.6 Å². The Morgan fingerprint density at radius 2 is 1.54 bits per heavy atom. The van der Waals surface area contributed by atoms with Gasteiger partial charge < -0.3 is 30.2 Å². The fraction of sp³-hybridized carbons (Fsp3) is 0.435. The zero-order valence-electron chi connectivity index (χ0n) is 39.7. The molecule has 364 valence electrons. The van der Waals surface area contributed by atoms with E-state index in [4.69, 9.17) is 30.7 Å². The fourth-order valence-corrected chi connectivity index (χ4v) is 8.62. The molecule has 2 saturated heterocycles. The highest BCUT2D eigenvalue weighted by atomic mass is 16.6. The maximum Gasteiger partial charge on any atom is 0.412 e. The molecule has 2 atom stereocenters. The average molecular weight is 948 g/mol. The Bertz CT molecular complexity index is 3010. The summed E-state index contributed by atoms with van der Waals surface area (Å²) in [6.07, 6.45) is 6.16. The quantitative estimate of drug-likeness (QED) is 0.0591. The van der Waals surface area contributed by atoms with E-state index in [0.717, 1.165) is 26.1 Å². The van der Waals surface area contributed by atoms with Crippen molar-refractivity contribution in [2.24, 2.45) is 11.5 Å². The van der Waals surface area contributed by atoms with Crippen LogP contribution in [0.1, 0.15) is 101 Å². The molecule has 0 spiro atoms. The Labute approximate surface area is 396 Å². The number of carbonyl (C=O) groups is 5. The minimum absolute atomic E-state index is 0.0519. The molecule has 0 radical (unpaired) electrons. The van der Waals surface area contributed by atoms with E-state index in [9.17, 15) is 24.0 Å². The highest BCUT2D eigenvalue weighted by Crippen LogP contribution is 2.33. The number of ether oxygens (including phenoxy) is 3. The number of aryl methyl sites for hydroxylation is 4. The van der Waals surface area contributed by atoms with Gasteiger partial charge in [0.05, 0.1) is 47.5 Å². The van der Waals surface area contributed by atoms with Gasteiger partial charge in [-0.2, -0.15) is 10.2 Å². The lowest BCUT2D eigenvalue weighted by molar-refractivity contribution is 0.0289. The predicted octanol–water partition coefficient (Wildman–Crippen LogP) is 4.38. The second-order valence-corrected chi connectivity index (χ2v) is 17.9. The summed E-state index contributed by atoms with van der Waals surface area (Å²) in [7, 11) is 0. The van der Waals surface area contributed by atoms with E-state index in [0.29, 0.717) is 70.6 Å². The number of carbonyl (C=O) groups excluding carboxylic acids is 5. The van der Waals surface area contributed by atoms with E-state index in [2.05, 4.69) is 41.0 Å². The van der Waals surface area contributed by atoms with E-state index in [1.165, 1.54) is 23.0 Å². The minimum Gasteiger partial charge on any atom is -0.491 e. The first-order chi connectivity index (χ1) is 32.9. The lowest BCUT2D eigenvalue weighted by atomic mass is 10.1. The van der Waals surface area contributed by atoms with Crippen molar-refractivity contribution in [3.05, 3.63) is 76.5 Å². The summed E-state index contributed by atoms with van der Waals surface area (Å²) < 4.78 is 24.2. The zero-order valence-corrected chi connectivity index (χ0v) is 39.7. The molecule has 6 aromatic rings. The van der Waals surface area contributed by atoms with Crippen molar-refractivity contribution in [3.63, 3.8) is 0 Å². The summed E-state index contributed by atoms with van der Waals surface area (Å²) in [4.78, 5) is 82.2. The lowest BCUT2D eigenvalue weighted by Gasteiger charge is -2.26. The van der Waals surface area contributed by atoms with Gasteiger partial charge in [0, 0.05) is 57.1 Å². The normalized spacial score (nSPS) is 15.9. The number of likely N-dealkylation sites (tertiary alicyclic amines) is 1. The summed E-state index contributed by atoms with van der Waals surface area (Å²) >= 11 is 0. The summed E-state index contributed by atoms with van der Waals surface area (Å²) in [5, 5.41) is 17.4. The Kier molecular flexibility index (Phi) is 13.5. The molecule has 7 heterocycles. The van der Waals surface area contributed by atoms with Gasteiger partial charge in [-0.05, 0) is 85.6 Å². The van der Waals surface area contributed by atoms with Crippen LogP contribution in [0.2, 0.25) is 0 Å². The molecule has 69 heavy (non-hydrogen) atoms. The molecule has 23 heteroatoms. The first kappa shape index (κ1) is 47.8. The van der Waals surface area contributed by atoms with Gasteiger partial charge >= 0.3 is 6.09 Å². The van der Waals surface area contributed by atoms with E-state index >= 15 is 0 Å². The van der Waals surface area contributed by atoms with E-state index < -0.39 is 35.3 Å². The molecule has 0 aliphatic carbocycles. The number of imidazole rings is 2. The first-order valence-electron chi connectivity index (χ1n) is 22.8. The third-order valence-corrected chi connectivity index (χ3v) is 11.7. The number of primary amides is 2. The number of aromatic nitrogens is 9. The fourth-order valence-electron chi connectivity index (χ4n) is 8.62. The number of nitrogens with one attached hydrogen (secondary N) is 3. The number of nitrogens with zero attached hydrogens (tertiary/aromatic N) is 10. The first-order valence-corrected chi connectivity index (χ1v) is 22.8. The molecule has 5 aromatic heterocycles. The van der Waals surface area contributed by atoms with E-state index in [1.54, 1.807) is 60.6 Å². The molecule has 23 nitrogen and oxygen atoms in total. The predicted molar refractivity (Wildman–Crippen MR) is 254 cm³/mol.